The van der Waals surface area contributed by atoms with E-state index in [-0.39, 0.29) is 24.7 Å². The number of carbonyl (C=O) groups is 1. The summed E-state index contributed by atoms with van der Waals surface area (Å²) < 4.78 is 49.1. The fraction of sp³-hybridized carbons (Fsp3) is 0.917. The van der Waals surface area contributed by atoms with E-state index in [9.17, 15) is 22.4 Å². The fourth-order valence-electron chi connectivity index (χ4n) is 2.97. The van der Waals surface area contributed by atoms with Gasteiger partial charge in [-0.2, -0.15) is 8.78 Å². The molecule has 3 nitrogen and oxygen atoms in total. The number of piperidine rings is 1. The van der Waals surface area contributed by atoms with Crippen molar-refractivity contribution in [3.63, 3.8) is 0 Å². The van der Waals surface area contributed by atoms with Crippen LogP contribution in [0.25, 0.3) is 0 Å². The third-order valence-electron chi connectivity index (χ3n) is 3.89. The SMILES string of the molecule is Cl.O=C(CC1CC2CCC(C1)N2)NCC(F)(F)C(F)F. The highest BCUT2D eigenvalue weighted by Crippen LogP contribution is 2.32. The lowest BCUT2D eigenvalue weighted by Crippen LogP contribution is -2.43. The van der Waals surface area contributed by atoms with Gasteiger partial charge in [0.1, 0.15) is 0 Å². The fourth-order valence-corrected chi connectivity index (χ4v) is 2.97. The number of fused-ring (bicyclic) bond motifs is 2. The van der Waals surface area contributed by atoms with Crippen molar-refractivity contribution >= 4 is 18.3 Å². The number of alkyl halides is 4. The Bertz CT molecular complexity index is 331. The number of amides is 1. The molecule has 1 amide bonds. The topological polar surface area (TPSA) is 41.1 Å². The van der Waals surface area contributed by atoms with Crippen LogP contribution in [-0.4, -0.2) is 36.9 Å². The van der Waals surface area contributed by atoms with Crippen LogP contribution in [0, 0.1) is 5.92 Å². The molecule has 2 saturated heterocycles. The lowest BCUT2D eigenvalue weighted by Gasteiger charge is -2.28. The van der Waals surface area contributed by atoms with Crippen LogP contribution in [-0.2, 0) is 4.79 Å². The highest BCUT2D eigenvalue weighted by Gasteiger charge is 2.41. The van der Waals surface area contributed by atoms with Crippen LogP contribution in [0.5, 0.6) is 0 Å². The minimum absolute atomic E-state index is 0. The van der Waals surface area contributed by atoms with Gasteiger partial charge in [-0.25, -0.2) is 8.78 Å². The van der Waals surface area contributed by atoms with E-state index in [4.69, 9.17) is 0 Å². The molecule has 0 aromatic rings. The van der Waals surface area contributed by atoms with Crippen molar-refractivity contribution in [3.05, 3.63) is 0 Å². The van der Waals surface area contributed by atoms with Crippen molar-refractivity contribution in [2.45, 2.75) is 56.5 Å². The first-order chi connectivity index (χ1) is 8.87. The molecule has 0 spiro atoms. The quantitative estimate of drug-likeness (QED) is 0.764. The van der Waals surface area contributed by atoms with Crippen molar-refractivity contribution in [2.75, 3.05) is 6.54 Å². The molecule has 2 N–H and O–H groups in total. The molecule has 2 aliphatic heterocycles. The van der Waals surface area contributed by atoms with Crippen LogP contribution < -0.4 is 10.6 Å². The van der Waals surface area contributed by atoms with E-state index < -0.39 is 24.8 Å². The summed E-state index contributed by atoms with van der Waals surface area (Å²) in [5.74, 6) is -4.55. The van der Waals surface area contributed by atoms with Crippen molar-refractivity contribution in [2.24, 2.45) is 5.92 Å². The van der Waals surface area contributed by atoms with Crippen molar-refractivity contribution in [1.29, 1.82) is 0 Å². The van der Waals surface area contributed by atoms with Gasteiger partial charge in [-0.3, -0.25) is 4.79 Å². The average Bonchev–Trinajstić information content (AvgIpc) is 2.66. The molecule has 2 fully saturated rings. The summed E-state index contributed by atoms with van der Waals surface area (Å²) in [6.07, 6.45) is 0.291. The normalized spacial score (nSPS) is 29.1. The number of hydrogen-bond donors (Lipinski definition) is 2. The first kappa shape index (κ1) is 17.5. The number of hydrogen-bond acceptors (Lipinski definition) is 2. The Labute approximate surface area is 121 Å². The molecular weight excluding hydrogens is 300 g/mol. The molecule has 2 bridgehead atoms. The number of halogens is 5. The third-order valence-corrected chi connectivity index (χ3v) is 3.89. The maximum atomic E-state index is 12.6. The lowest BCUT2D eigenvalue weighted by molar-refractivity contribution is -0.137. The van der Waals surface area contributed by atoms with Gasteiger partial charge in [-0.1, -0.05) is 0 Å². The number of nitrogens with one attached hydrogen (secondary N) is 2. The van der Waals surface area contributed by atoms with Crippen LogP contribution >= 0.6 is 12.4 Å². The predicted octanol–water partition coefficient (Wildman–Crippen LogP) is 2.35. The summed E-state index contributed by atoms with van der Waals surface area (Å²) >= 11 is 0. The minimum atomic E-state index is -4.15. The molecule has 0 saturated carbocycles. The van der Waals surface area contributed by atoms with Crippen LogP contribution in [0.3, 0.4) is 0 Å². The first-order valence-corrected chi connectivity index (χ1v) is 6.55. The van der Waals surface area contributed by atoms with E-state index in [0.29, 0.717) is 12.1 Å². The Hall–Kier alpha value is -0.560. The minimum Gasteiger partial charge on any atom is -0.350 e. The summed E-state index contributed by atoms with van der Waals surface area (Å²) in [6.45, 7) is -1.29. The zero-order valence-corrected chi connectivity index (χ0v) is 11.7. The summed E-state index contributed by atoms with van der Waals surface area (Å²) in [4.78, 5) is 11.5. The molecule has 0 radical (unpaired) electrons. The largest absolute Gasteiger partial charge is 0.350 e. The smallest absolute Gasteiger partial charge is 0.324 e. The van der Waals surface area contributed by atoms with E-state index in [0.717, 1.165) is 25.7 Å². The van der Waals surface area contributed by atoms with E-state index in [2.05, 4.69) is 5.32 Å². The van der Waals surface area contributed by atoms with Crippen molar-refractivity contribution < 1.29 is 22.4 Å². The summed E-state index contributed by atoms with van der Waals surface area (Å²) in [5.41, 5.74) is 0. The molecule has 2 aliphatic rings. The number of carbonyl (C=O) groups excluding carboxylic acids is 1. The molecule has 118 valence electrons. The molecule has 0 aromatic heterocycles. The highest BCUT2D eigenvalue weighted by atomic mass is 35.5. The molecule has 20 heavy (non-hydrogen) atoms. The highest BCUT2D eigenvalue weighted by molar-refractivity contribution is 5.85. The van der Waals surface area contributed by atoms with Gasteiger partial charge in [-0.15, -0.1) is 12.4 Å². The maximum absolute atomic E-state index is 12.6. The second kappa shape index (κ2) is 6.93. The van der Waals surface area contributed by atoms with Gasteiger partial charge < -0.3 is 10.6 Å². The lowest BCUT2D eigenvalue weighted by atomic mass is 9.89. The van der Waals surface area contributed by atoms with Gasteiger partial charge in [-0.05, 0) is 31.6 Å². The summed E-state index contributed by atoms with van der Waals surface area (Å²) in [6, 6.07) is 0.832. The van der Waals surface area contributed by atoms with Gasteiger partial charge in [0.15, 0.2) is 0 Å². The average molecular weight is 319 g/mol. The zero-order valence-electron chi connectivity index (χ0n) is 10.9. The first-order valence-electron chi connectivity index (χ1n) is 6.55. The molecular formula is C12H19ClF4N2O. The van der Waals surface area contributed by atoms with E-state index in [1.165, 1.54) is 0 Å². The van der Waals surface area contributed by atoms with Crippen LogP contribution in [0.2, 0.25) is 0 Å². The van der Waals surface area contributed by atoms with E-state index in [1.807, 2.05) is 5.32 Å². The van der Waals surface area contributed by atoms with E-state index in [1.54, 1.807) is 0 Å². The molecule has 2 heterocycles. The van der Waals surface area contributed by atoms with E-state index >= 15 is 0 Å². The Kier molecular flexibility index (Phi) is 6.06. The van der Waals surface area contributed by atoms with Crippen LogP contribution in [0.1, 0.15) is 32.1 Å². The molecule has 0 aliphatic carbocycles. The third kappa shape index (κ3) is 4.48. The standard InChI is InChI=1S/C12H18F4N2O.ClH/c13-11(14)12(15,16)6-17-10(19)5-7-3-8-1-2-9(4-7)18-8;/h7-9,11,18H,1-6H2,(H,17,19);1H. The van der Waals surface area contributed by atoms with Gasteiger partial charge in [0.25, 0.3) is 0 Å². The summed E-state index contributed by atoms with van der Waals surface area (Å²) in [5, 5.41) is 5.33. The van der Waals surface area contributed by atoms with Gasteiger partial charge in [0.2, 0.25) is 5.91 Å². The van der Waals surface area contributed by atoms with Gasteiger partial charge >= 0.3 is 12.3 Å². The van der Waals surface area contributed by atoms with Gasteiger partial charge in [0.05, 0.1) is 6.54 Å². The molecule has 0 aromatic carbocycles. The van der Waals surface area contributed by atoms with Gasteiger partial charge in [0, 0.05) is 18.5 Å². The number of rotatable bonds is 5. The van der Waals surface area contributed by atoms with Crippen molar-refractivity contribution in [1.82, 2.24) is 10.6 Å². The molecule has 2 rings (SSSR count). The molecule has 8 heteroatoms. The predicted molar refractivity (Wildman–Crippen MR) is 68.5 cm³/mol. The monoisotopic (exact) mass is 318 g/mol. The van der Waals surface area contributed by atoms with Crippen LogP contribution in [0.4, 0.5) is 17.6 Å². The molecule has 2 unspecified atom stereocenters. The maximum Gasteiger partial charge on any atom is 0.324 e. The zero-order chi connectivity index (χ0) is 14.0. The second-order valence-corrected chi connectivity index (χ2v) is 5.52. The molecule has 2 atom stereocenters. The van der Waals surface area contributed by atoms with Crippen LogP contribution in [0.15, 0.2) is 0 Å². The second-order valence-electron chi connectivity index (χ2n) is 5.52. The summed E-state index contributed by atoms with van der Waals surface area (Å²) in [7, 11) is 0. The van der Waals surface area contributed by atoms with Crippen molar-refractivity contribution in [3.8, 4) is 0 Å². The Morgan fingerprint density at radius 1 is 1.25 bits per heavy atom. The Morgan fingerprint density at radius 2 is 1.80 bits per heavy atom. The Balaban J connectivity index is 0.00000200. The Morgan fingerprint density at radius 3 is 2.30 bits per heavy atom.